The van der Waals surface area contributed by atoms with E-state index in [1.165, 1.54) is 3.57 Å². The summed E-state index contributed by atoms with van der Waals surface area (Å²) in [5.41, 5.74) is 0.666. The number of benzene rings is 1. The summed E-state index contributed by atoms with van der Waals surface area (Å²) in [6.07, 6.45) is 3.34. The number of hydrogen-bond donors (Lipinski definition) is 1. The van der Waals surface area contributed by atoms with Crippen LogP contribution < -0.4 is 19.7 Å². The van der Waals surface area contributed by atoms with E-state index in [9.17, 15) is 0 Å². The topological polar surface area (TPSA) is 72.4 Å². The number of pyridine rings is 1. The molecule has 0 radical (unpaired) electrons. The summed E-state index contributed by atoms with van der Waals surface area (Å²) in [7, 11) is 1.62. The fourth-order valence-corrected chi connectivity index (χ4v) is 3.78. The molecule has 1 aromatic carbocycles. The number of methoxy groups -OCH3 is 1. The maximum absolute atomic E-state index is 6.17. The van der Waals surface area contributed by atoms with E-state index in [1.54, 1.807) is 19.5 Å². The lowest BCUT2D eigenvalue weighted by molar-refractivity contribution is 0.256. The fourth-order valence-electron chi connectivity index (χ4n) is 3.25. The molecular weight excluding hydrogens is 493 g/mol. The van der Waals surface area contributed by atoms with Crippen LogP contribution in [0.2, 0.25) is 5.28 Å². The highest BCUT2D eigenvalue weighted by Crippen LogP contribution is 2.32. The Balaban J connectivity index is 1.55. The third kappa shape index (κ3) is 4.23. The van der Waals surface area contributed by atoms with Crippen LogP contribution in [0.4, 0.5) is 5.82 Å². The van der Waals surface area contributed by atoms with E-state index in [-0.39, 0.29) is 11.3 Å². The Bertz CT molecular complexity index is 972. The molecule has 1 atom stereocenters. The first-order chi connectivity index (χ1) is 13.6. The van der Waals surface area contributed by atoms with Crippen LogP contribution in [0.15, 0.2) is 36.7 Å². The molecule has 4 rings (SSSR count). The lowest BCUT2D eigenvalue weighted by atomic mass is 10.2. The average Bonchev–Trinajstić information content (AvgIpc) is 2.72. The van der Waals surface area contributed by atoms with E-state index in [0.29, 0.717) is 17.9 Å². The highest BCUT2D eigenvalue weighted by molar-refractivity contribution is 14.1. The lowest BCUT2D eigenvalue weighted by Gasteiger charge is -2.35. The molecule has 7 nitrogen and oxygen atoms in total. The number of nitrogens with zero attached hydrogens (tertiary/aromatic N) is 4. The molecule has 0 unspecified atom stereocenters. The third-order valence-corrected chi connectivity index (χ3v) is 5.45. The zero-order valence-electron chi connectivity index (χ0n) is 15.2. The Labute approximate surface area is 181 Å². The van der Waals surface area contributed by atoms with E-state index in [0.717, 1.165) is 36.6 Å². The first-order valence-electron chi connectivity index (χ1n) is 8.86. The molecule has 28 heavy (non-hydrogen) atoms. The number of anilines is 1. The van der Waals surface area contributed by atoms with Crippen LogP contribution in [0.5, 0.6) is 11.5 Å². The van der Waals surface area contributed by atoms with Gasteiger partial charge in [-0.05, 0) is 58.5 Å². The monoisotopic (exact) mass is 511 g/mol. The smallest absolute Gasteiger partial charge is 0.224 e. The number of ether oxygens (including phenoxy) is 2. The van der Waals surface area contributed by atoms with E-state index in [2.05, 4.69) is 47.8 Å². The molecule has 2 aromatic heterocycles. The van der Waals surface area contributed by atoms with Crippen molar-refractivity contribution in [3.63, 3.8) is 0 Å². The Morgan fingerprint density at radius 1 is 1.25 bits per heavy atom. The average molecular weight is 512 g/mol. The summed E-state index contributed by atoms with van der Waals surface area (Å²) < 4.78 is 12.6. The molecule has 9 heteroatoms. The number of piperazine rings is 1. The van der Waals surface area contributed by atoms with Crippen LogP contribution in [-0.2, 0) is 0 Å². The van der Waals surface area contributed by atoms with Crippen molar-refractivity contribution in [3.8, 4) is 11.5 Å². The molecule has 1 aliphatic rings. The van der Waals surface area contributed by atoms with Gasteiger partial charge in [0.2, 0.25) is 5.28 Å². The van der Waals surface area contributed by atoms with Gasteiger partial charge in [-0.2, -0.15) is 4.98 Å². The van der Waals surface area contributed by atoms with Crippen LogP contribution in [0, 0.1) is 3.57 Å². The first-order valence-corrected chi connectivity index (χ1v) is 10.3. The number of aromatic nitrogens is 3. The maximum Gasteiger partial charge on any atom is 0.224 e. The van der Waals surface area contributed by atoms with Crippen molar-refractivity contribution in [1.82, 2.24) is 20.3 Å². The standard InChI is InChI=1S/C19H19ClIN5O2/c1-27-16-9-22-8-15-17(16)18(25-19(20)24-15)26-7-6-23-13(10-26)11-28-14-4-2-12(21)3-5-14/h2-5,8-9,13,23H,6-7,10-11H2,1H3/t13-/m1/s1. The molecule has 0 spiro atoms. The Morgan fingerprint density at radius 2 is 2.07 bits per heavy atom. The van der Waals surface area contributed by atoms with Crippen molar-refractivity contribution in [2.24, 2.45) is 0 Å². The highest BCUT2D eigenvalue weighted by atomic mass is 127. The third-order valence-electron chi connectivity index (χ3n) is 4.57. The highest BCUT2D eigenvalue weighted by Gasteiger charge is 2.24. The Kier molecular flexibility index (Phi) is 5.98. The van der Waals surface area contributed by atoms with Gasteiger partial charge in [0.25, 0.3) is 0 Å². The minimum atomic E-state index is 0.157. The quantitative estimate of drug-likeness (QED) is 0.417. The van der Waals surface area contributed by atoms with Crippen molar-refractivity contribution in [2.45, 2.75) is 6.04 Å². The summed E-state index contributed by atoms with van der Waals surface area (Å²) in [6, 6.07) is 8.19. The number of fused-ring (bicyclic) bond motifs is 1. The van der Waals surface area contributed by atoms with Gasteiger partial charge in [0.1, 0.15) is 23.9 Å². The number of rotatable bonds is 5. The Morgan fingerprint density at radius 3 is 2.86 bits per heavy atom. The van der Waals surface area contributed by atoms with Gasteiger partial charge in [-0.25, -0.2) is 4.98 Å². The zero-order valence-corrected chi connectivity index (χ0v) is 18.1. The molecule has 0 amide bonds. The predicted octanol–water partition coefficient (Wildman–Crippen LogP) is 3.15. The van der Waals surface area contributed by atoms with Crippen LogP contribution >= 0.6 is 34.2 Å². The second-order valence-corrected chi connectivity index (χ2v) is 8.00. The zero-order chi connectivity index (χ0) is 19.5. The summed E-state index contributed by atoms with van der Waals surface area (Å²) >= 11 is 8.45. The van der Waals surface area contributed by atoms with E-state index < -0.39 is 0 Å². The van der Waals surface area contributed by atoms with Crippen molar-refractivity contribution >= 4 is 50.9 Å². The summed E-state index contributed by atoms with van der Waals surface area (Å²) in [5.74, 6) is 2.26. The largest absolute Gasteiger partial charge is 0.494 e. The van der Waals surface area contributed by atoms with Crippen LogP contribution in [0.25, 0.3) is 10.9 Å². The molecule has 1 saturated heterocycles. The first kappa shape index (κ1) is 19.4. The summed E-state index contributed by atoms with van der Waals surface area (Å²) in [5, 5.41) is 4.52. The molecule has 1 aliphatic heterocycles. The molecule has 146 valence electrons. The van der Waals surface area contributed by atoms with Crippen molar-refractivity contribution in [2.75, 3.05) is 38.3 Å². The van der Waals surface area contributed by atoms with E-state index in [1.807, 2.05) is 24.3 Å². The van der Waals surface area contributed by atoms with Gasteiger partial charge in [-0.3, -0.25) is 4.98 Å². The second-order valence-electron chi connectivity index (χ2n) is 6.41. The van der Waals surface area contributed by atoms with Gasteiger partial charge < -0.3 is 19.7 Å². The molecule has 3 heterocycles. The SMILES string of the molecule is COc1cncc2nc(Cl)nc(N3CCN[C@@H](COc4ccc(I)cc4)C3)c12. The molecular formula is C19H19ClIN5O2. The minimum absolute atomic E-state index is 0.157. The Hall–Kier alpha value is -1.91. The normalized spacial score (nSPS) is 17.0. The van der Waals surface area contributed by atoms with Crippen molar-refractivity contribution in [1.29, 1.82) is 0 Å². The maximum atomic E-state index is 6.17. The number of nitrogens with one attached hydrogen (secondary N) is 1. The minimum Gasteiger partial charge on any atom is -0.494 e. The van der Waals surface area contributed by atoms with Crippen LogP contribution in [-0.4, -0.2) is 54.3 Å². The van der Waals surface area contributed by atoms with Gasteiger partial charge in [-0.15, -0.1) is 0 Å². The lowest BCUT2D eigenvalue weighted by Crippen LogP contribution is -2.53. The van der Waals surface area contributed by atoms with Crippen molar-refractivity contribution < 1.29 is 9.47 Å². The molecule has 3 aromatic rings. The summed E-state index contributed by atoms with van der Waals surface area (Å²) in [6.45, 7) is 2.91. The predicted molar refractivity (Wildman–Crippen MR) is 118 cm³/mol. The molecule has 0 bridgehead atoms. The second kappa shape index (κ2) is 8.62. The van der Waals surface area contributed by atoms with Gasteiger partial charge in [0.15, 0.2) is 0 Å². The van der Waals surface area contributed by atoms with Gasteiger partial charge in [-0.1, -0.05) is 0 Å². The molecule has 0 aliphatic carbocycles. The molecule has 1 N–H and O–H groups in total. The number of halogens is 2. The van der Waals surface area contributed by atoms with E-state index >= 15 is 0 Å². The number of hydrogen-bond acceptors (Lipinski definition) is 7. The molecule has 1 fully saturated rings. The van der Waals surface area contributed by atoms with E-state index in [4.69, 9.17) is 21.1 Å². The fraction of sp³-hybridized carbons (Fsp3) is 0.316. The van der Waals surface area contributed by atoms with Crippen LogP contribution in [0.3, 0.4) is 0 Å². The van der Waals surface area contributed by atoms with Crippen molar-refractivity contribution in [3.05, 3.63) is 45.5 Å². The van der Waals surface area contributed by atoms with Gasteiger partial charge in [0.05, 0.1) is 36.4 Å². The van der Waals surface area contributed by atoms with Gasteiger partial charge in [0, 0.05) is 23.2 Å². The summed E-state index contributed by atoms with van der Waals surface area (Å²) in [4.78, 5) is 15.1. The molecule has 0 saturated carbocycles. The van der Waals surface area contributed by atoms with Crippen LogP contribution in [0.1, 0.15) is 0 Å². The van der Waals surface area contributed by atoms with Gasteiger partial charge >= 0.3 is 0 Å².